The lowest BCUT2D eigenvalue weighted by molar-refractivity contribution is -0.161. The average molecular weight is 489 g/mol. The summed E-state index contributed by atoms with van der Waals surface area (Å²) in [6.07, 6.45) is 9.28. The molecule has 0 aromatic heterocycles. The predicted molar refractivity (Wildman–Crippen MR) is 142 cm³/mol. The molecule has 4 fully saturated rings. The minimum atomic E-state index is -0.946. The smallest absolute Gasteiger partial charge is 0.350 e. The van der Waals surface area contributed by atoms with Gasteiger partial charge < -0.3 is 14.6 Å². The normalized spacial score (nSPS) is 32.2. The van der Waals surface area contributed by atoms with Crippen LogP contribution in [-0.4, -0.2) is 23.3 Å². The Kier molecular flexibility index (Phi) is 5.48. The van der Waals surface area contributed by atoms with Gasteiger partial charge in [-0.2, -0.15) is 0 Å². The molecule has 0 saturated heterocycles. The first-order valence-corrected chi connectivity index (χ1v) is 14.0. The van der Waals surface area contributed by atoms with Gasteiger partial charge in [0.15, 0.2) is 0 Å². The molecule has 0 amide bonds. The summed E-state index contributed by atoms with van der Waals surface area (Å²) < 4.78 is 11.7. The highest BCUT2D eigenvalue weighted by Gasteiger charge is 2.52. The number of fused-ring (bicyclic) bond motifs is 1. The first-order chi connectivity index (χ1) is 17.1. The third kappa shape index (κ3) is 3.50. The molecule has 5 aliphatic rings. The number of ether oxygens (including phenoxy) is 2. The summed E-state index contributed by atoms with van der Waals surface area (Å²) in [4.78, 5) is 12.7. The number of carbonyl (C=O) groups is 1. The van der Waals surface area contributed by atoms with E-state index in [-0.39, 0.29) is 11.4 Å². The van der Waals surface area contributed by atoms with E-state index in [4.69, 9.17) is 9.47 Å². The van der Waals surface area contributed by atoms with Crippen molar-refractivity contribution in [2.24, 2.45) is 17.8 Å². The maximum Gasteiger partial charge on any atom is 0.350 e. The van der Waals surface area contributed by atoms with Crippen LogP contribution < -0.4 is 4.74 Å². The molecule has 4 bridgehead atoms. The number of hydrogen-bond donors (Lipinski definition) is 1. The van der Waals surface area contributed by atoms with E-state index in [9.17, 15) is 9.90 Å². The van der Waals surface area contributed by atoms with Gasteiger partial charge in [0.1, 0.15) is 11.5 Å². The number of hydrogen-bond acceptors (Lipinski definition) is 4. The first-order valence-electron chi connectivity index (χ1n) is 14.0. The summed E-state index contributed by atoms with van der Waals surface area (Å²) in [5, 5.41) is 11.1. The fourth-order valence-corrected chi connectivity index (χ4v) is 8.68. The molecule has 7 rings (SSSR count). The number of rotatable bonds is 4. The largest absolute Gasteiger partial charge is 0.508 e. The second-order valence-corrected chi connectivity index (χ2v) is 12.5. The minimum absolute atomic E-state index is 0.143. The molecular formula is C32H40O4. The van der Waals surface area contributed by atoms with Gasteiger partial charge in [-0.25, -0.2) is 4.79 Å². The summed E-state index contributed by atoms with van der Waals surface area (Å²) in [5.41, 5.74) is 7.51. The van der Waals surface area contributed by atoms with Crippen molar-refractivity contribution in [1.29, 1.82) is 0 Å². The molecule has 1 unspecified atom stereocenters. The summed E-state index contributed by atoms with van der Waals surface area (Å²) in [6, 6.07) is 6.34. The molecule has 4 saturated carbocycles. The molecule has 1 heterocycles. The van der Waals surface area contributed by atoms with Gasteiger partial charge in [-0.15, -0.1) is 0 Å². The zero-order chi connectivity index (χ0) is 25.4. The van der Waals surface area contributed by atoms with Crippen molar-refractivity contribution in [3.8, 4) is 22.6 Å². The number of phenols is 1. The minimum Gasteiger partial charge on any atom is -0.508 e. The summed E-state index contributed by atoms with van der Waals surface area (Å²) in [5.74, 6) is 3.53. The van der Waals surface area contributed by atoms with Crippen LogP contribution in [0, 0.1) is 38.5 Å². The highest BCUT2D eigenvalue weighted by Crippen LogP contribution is 2.62. The van der Waals surface area contributed by atoms with Crippen molar-refractivity contribution in [2.45, 2.75) is 97.0 Å². The van der Waals surface area contributed by atoms with Crippen molar-refractivity contribution in [3.63, 3.8) is 0 Å². The molecule has 1 aliphatic heterocycles. The van der Waals surface area contributed by atoms with Crippen LogP contribution >= 0.6 is 0 Å². The maximum absolute atomic E-state index is 12.7. The van der Waals surface area contributed by atoms with Crippen LogP contribution in [0.2, 0.25) is 0 Å². The quantitative estimate of drug-likeness (QED) is 0.467. The Balaban J connectivity index is 1.42. The monoisotopic (exact) mass is 488 g/mol. The van der Waals surface area contributed by atoms with E-state index in [0.717, 1.165) is 35.5 Å². The van der Waals surface area contributed by atoms with E-state index in [1.807, 2.05) is 19.9 Å². The molecule has 2 aromatic rings. The molecule has 36 heavy (non-hydrogen) atoms. The molecule has 2 aromatic carbocycles. The van der Waals surface area contributed by atoms with Crippen LogP contribution in [0.15, 0.2) is 18.2 Å². The van der Waals surface area contributed by atoms with Gasteiger partial charge in [0.2, 0.25) is 5.60 Å². The van der Waals surface area contributed by atoms with Gasteiger partial charge in [0.25, 0.3) is 0 Å². The van der Waals surface area contributed by atoms with Gasteiger partial charge in [-0.3, -0.25) is 0 Å². The standard InChI is InChI=1S/C32H40O4/c1-6-35-30(34)31(5)10-9-25-20(4)28(18(2)19(3)29(25)36-31)24-7-8-27(33)26(14-24)32-15-21-11-22(16-32)13-23(12-21)17-32/h7-8,14,21-23,33H,6,9-13,15-17H2,1-5H3. The fraction of sp³-hybridized carbons (Fsp3) is 0.594. The summed E-state index contributed by atoms with van der Waals surface area (Å²) >= 11 is 0. The highest BCUT2D eigenvalue weighted by molar-refractivity contribution is 5.82. The Morgan fingerprint density at radius 2 is 1.67 bits per heavy atom. The topological polar surface area (TPSA) is 55.8 Å². The molecule has 4 heteroatoms. The van der Waals surface area contributed by atoms with E-state index in [1.54, 1.807) is 0 Å². The SMILES string of the molecule is CCOC(=O)C1(C)CCc2c(C)c(-c3ccc(O)c(C45CC6CC(CC(C6)C4)C5)c3)c(C)c(C)c2O1. The highest BCUT2D eigenvalue weighted by atomic mass is 16.6. The molecule has 4 aliphatic carbocycles. The zero-order valence-corrected chi connectivity index (χ0v) is 22.5. The van der Waals surface area contributed by atoms with E-state index in [2.05, 4.69) is 32.9 Å². The maximum atomic E-state index is 12.7. The Morgan fingerprint density at radius 3 is 2.28 bits per heavy atom. The van der Waals surface area contributed by atoms with Gasteiger partial charge in [0, 0.05) is 12.0 Å². The Morgan fingerprint density at radius 1 is 1.03 bits per heavy atom. The molecule has 0 spiro atoms. The van der Waals surface area contributed by atoms with Crippen LogP contribution in [0.25, 0.3) is 11.1 Å². The molecule has 4 nitrogen and oxygen atoms in total. The Bertz CT molecular complexity index is 1210. The Labute approximate surface area is 215 Å². The molecule has 0 radical (unpaired) electrons. The number of phenolic OH excluding ortho intramolecular Hbond substituents is 1. The number of aromatic hydroxyl groups is 1. The van der Waals surface area contributed by atoms with Crippen LogP contribution in [0.4, 0.5) is 0 Å². The Hall–Kier alpha value is -2.49. The van der Waals surface area contributed by atoms with Crippen molar-refractivity contribution in [1.82, 2.24) is 0 Å². The van der Waals surface area contributed by atoms with E-state index < -0.39 is 5.60 Å². The van der Waals surface area contributed by atoms with Gasteiger partial charge >= 0.3 is 5.97 Å². The van der Waals surface area contributed by atoms with Crippen molar-refractivity contribution in [2.75, 3.05) is 6.61 Å². The number of esters is 1. The molecular weight excluding hydrogens is 448 g/mol. The van der Waals surface area contributed by atoms with Gasteiger partial charge in [-0.1, -0.05) is 6.07 Å². The van der Waals surface area contributed by atoms with Crippen LogP contribution in [0.1, 0.15) is 86.6 Å². The zero-order valence-electron chi connectivity index (χ0n) is 22.5. The van der Waals surface area contributed by atoms with Gasteiger partial charge in [0.05, 0.1) is 6.61 Å². The second kappa shape index (κ2) is 8.26. The van der Waals surface area contributed by atoms with Crippen molar-refractivity contribution < 1.29 is 19.4 Å². The van der Waals surface area contributed by atoms with Crippen LogP contribution in [0.5, 0.6) is 11.5 Å². The van der Waals surface area contributed by atoms with E-state index >= 15 is 0 Å². The lowest BCUT2D eigenvalue weighted by Crippen LogP contribution is -2.48. The number of carbonyl (C=O) groups excluding carboxylic acids is 1. The average Bonchev–Trinajstić information content (AvgIpc) is 2.83. The second-order valence-electron chi connectivity index (χ2n) is 12.5. The lowest BCUT2D eigenvalue weighted by Gasteiger charge is -2.57. The summed E-state index contributed by atoms with van der Waals surface area (Å²) in [7, 11) is 0. The lowest BCUT2D eigenvalue weighted by atomic mass is 9.48. The van der Waals surface area contributed by atoms with Gasteiger partial charge in [-0.05, 0) is 148 Å². The van der Waals surface area contributed by atoms with Crippen LogP contribution in [-0.2, 0) is 21.4 Å². The van der Waals surface area contributed by atoms with Crippen molar-refractivity contribution in [3.05, 3.63) is 46.0 Å². The molecule has 192 valence electrons. The third-order valence-electron chi connectivity index (χ3n) is 10.2. The number of benzene rings is 2. The van der Waals surface area contributed by atoms with E-state index in [0.29, 0.717) is 18.8 Å². The van der Waals surface area contributed by atoms with Crippen molar-refractivity contribution >= 4 is 5.97 Å². The predicted octanol–water partition coefficient (Wildman–Crippen LogP) is 7.10. The van der Waals surface area contributed by atoms with Crippen LogP contribution in [0.3, 0.4) is 0 Å². The summed E-state index contributed by atoms with van der Waals surface area (Å²) in [6.45, 7) is 10.5. The molecule has 1 N–H and O–H groups in total. The van der Waals surface area contributed by atoms with E-state index in [1.165, 1.54) is 71.9 Å². The third-order valence-corrected chi connectivity index (χ3v) is 10.2. The molecule has 1 atom stereocenters. The fourth-order valence-electron chi connectivity index (χ4n) is 8.68. The first kappa shape index (κ1) is 23.9.